The maximum atomic E-state index is 12.0. The first kappa shape index (κ1) is 19.1. The number of nitro benzene ring substituents is 1. The molecule has 0 aliphatic carbocycles. The zero-order valence-corrected chi connectivity index (χ0v) is 14.5. The molecule has 26 heavy (non-hydrogen) atoms. The van der Waals surface area contributed by atoms with E-state index in [1.807, 2.05) is 6.92 Å². The molecule has 3 amide bonds. The Hall–Kier alpha value is -3.20. The fraction of sp³-hybridized carbons (Fsp3) is 0.294. The molecule has 0 radical (unpaired) electrons. The van der Waals surface area contributed by atoms with E-state index in [1.54, 1.807) is 36.2 Å². The molecule has 0 saturated carbocycles. The van der Waals surface area contributed by atoms with Crippen LogP contribution >= 0.6 is 0 Å². The zero-order chi connectivity index (χ0) is 19.1. The Kier molecular flexibility index (Phi) is 6.45. The number of urea groups is 1. The van der Waals surface area contributed by atoms with Gasteiger partial charge < -0.3 is 9.73 Å². The number of rotatable bonds is 7. The maximum Gasteiger partial charge on any atom is 0.321 e. The quantitative estimate of drug-likeness (QED) is 0.577. The molecule has 1 heterocycles. The van der Waals surface area contributed by atoms with Gasteiger partial charge in [0.15, 0.2) is 0 Å². The molecule has 0 spiro atoms. The predicted molar refractivity (Wildman–Crippen MR) is 93.2 cm³/mol. The summed E-state index contributed by atoms with van der Waals surface area (Å²) in [6, 6.07) is 8.76. The zero-order valence-electron chi connectivity index (χ0n) is 14.5. The van der Waals surface area contributed by atoms with Gasteiger partial charge in [0.25, 0.3) is 5.69 Å². The van der Waals surface area contributed by atoms with Crippen LogP contribution in [0.15, 0.2) is 47.1 Å². The van der Waals surface area contributed by atoms with E-state index < -0.39 is 16.9 Å². The summed E-state index contributed by atoms with van der Waals surface area (Å²) in [4.78, 5) is 35.8. The van der Waals surface area contributed by atoms with Crippen LogP contribution in [0.3, 0.4) is 0 Å². The Bertz CT molecular complexity index is 775. The Morgan fingerprint density at radius 2 is 2.08 bits per heavy atom. The molecule has 0 aliphatic rings. The second-order valence-corrected chi connectivity index (χ2v) is 5.75. The van der Waals surface area contributed by atoms with E-state index in [0.29, 0.717) is 11.3 Å². The van der Waals surface area contributed by atoms with Gasteiger partial charge in [-0.05, 0) is 31.7 Å². The Balaban J connectivity index is 1.84. The van der Waals surface area contributed by atoms with Crippen molar-refractivity contribution in [3.63, 3.8) is 0 Å². The van der Waals surface area contributed by atoms with E-state index in [1.165, 1.54) is 18.4 Å². The molecule has 138 valence electrons. The number of nitrogens with zero attached hydrogens (tertiary/aromatic N) is 2. The third-order valence-electron chi connectivity index (χ3n) is 3.87. The number of hydrogen-bond donors (Lipinski definition) is 2. The lowest BCUT2D eigenvalue weighted by molar-refractivity contribution is -0.384. The summed E-state index contributed by atoms with van der Waals surface area (Å²) in [6.07, 6.45) is 1.49. The van der Waals surface area contributed by atoms with Gasteiger partial charge in [-0.2, -0.15) is 0 Å². The molecule has 1 aromatic carbocycles. The summed E-state index contributed by atoms with van der Waals surface area (Å²) >= 11 is 0. The van der Waals surface area contributed by atoms with E-state index in [0.717, 1.165) is 0 Å². The fourth-order valence-corrected chi connectivity index (χ4v) is 2.31. The molecule has 2 rings (SSSR count). The van der Waals surface area contributed by atoms with Crippen molar-refractivity contribution in [3.05, 3.63) is 64.1 Å². The van der Waals surface area contributed by atoms with Gasteiger partial charge in [-0.25, -0.2) is 4.79 Å². The first-order chi connectivity index (χ1) is 12.4. The van der Waals surface area contributed by atoms with Gasteiger partial charge in [0, 0.05) is 18.2 Å². The summed E-state index contributed by atoms with van der Waals surface area (Å²) in [5.41, 5.74) is 0.696. The largest absolute Gasteiger partial charge is 0.467 e. The van der Waals surface area contributed by atoms with Gasteiger partial charge in [-0.3, -0.25) is 25.1 Å². The summed E-state index contributed by atoms with van der Waals surface area (Å²) in [5, 5.41) is 15.6. The number of carbonyl (C=O) groups is 2. The average molecular weight is 360 g/mol. The third kappa shape index (κ3) is 5.42. The highest BCUT2D eigenvalue weighted by atomic mass is 16.6. The second-order valence-electron chi connectivity index (χ2n) is 5.75. The number of nitro groups is 1. The topological polar surface area (TPSA) is 118 Å². The van der Waals surface area contributed by atoms with E-state index in [9.17, 15) is 19.7 Å². The van der Waals surface area contributed by atoms with Crippen molar-refractivity contribution in [2.24, 2.45) is 0 Å². The number of benzene rings is 1. The van der Waals surface area contributed by atoms with Crippen LogP contribution in [-0.2, 0) is 11.3 Å². The van der Waals surface area contributed by atoms with E-state index in [2.05, 4.69) is 10.6 Å². The van der Waals surface area contributed by atoms with Crippen LogP contribution in [0.25, 0.3) is 0 Å². The van der Waals surface area contributed by atoms with Crippen molar-refractivity contribution < 1.29 is 18.9 Å². The molecular weight excluding hydrogens is 340 g/mol. The van der Waals surface area contributed by atoms with Crippen LogP contribution in [0.4, 0.5) is 10.5 Å². The van der Waals surface area contributed by atoms with Gasteiger partial charge in [-0.15, -0.1) is 0 Å². The first-order valence-corrected chi connectivity index (χ1v) is 7.91. The van der Waals surface area contributed by atoms with E-state index in [-0.39, 0.29) is 24.8 Å². The number of carbonyl (C=O) groups excluding carboxylic acids is 2. The van der Waals surface area contributed by atoms with Crippen molar-refractivity contribution in [2.45, 2.75) is 19.5 Å². The molecule has 0 fully saturated rings. The molecule has 9 heteroatoms. The molecule has 1 unspecified atom stereocenters. The van der Waals surface area contributed by atoms with E-state index >= 15 is 0 Å². The number of non-ortho nitro benzene ring substituents is 1. The van der Waals surface area contributed by atoms with Crippen LogP contribution < -0.4 is 10.6 Å². The van der Waals surface area contributed by atoms with E-state index in [4.69, 9.17) is 4.42 Å². The minimum absolute atomic E-state index is 0.00972. The number of amides is 3. The molecule has 2 aromatic rings. The number of imide groups is 1. The minimum atomic E-state index is -0.622. The first-order valence-electron chi connectivity index (χ1n) is 7.91. The lowest BCUT2D eigenvalue weighted by atomic mass is 10.1. The summed E-state index contributed by atoms with van der Waals surface area (Å²) in [7, 11) is 1.70. The van der Waals surface area contributed by atoms with Gasteiger partial charge in [0.1, 0.15) is 5.76 Å². The molecular formula is C17H20N4O5. The lowest BCUT2D eigenvalue weighted by Crippen LogP contribution is -2.43. The Morgan fingerprint density at radius 3 is 2.73 bits per heavy atom. The third-order valence-corrected chi connectivity index (χ3v) is 3.87. The number of nitrogens with one attached hydrogen (secondary N) is 2. The monoisotopic (exact) mass is 360 g/mol. The molecule has 9 nitrogen and oxygen atoms in total. The predicted octanol–water partition coefficient (Wildman–Crippen LogP) is 2.21. The van der Waals surface area contributed by atoms with Gasteiger partial charge in [0.05, 0.1) is 24.3 Å². The van der Waals surface area contributed by atoms with Crippen molar-refractivity contribution in [2.75, 3.05) is 13.6 Å². The maximum absolute atomic E-state index is 12.0. The van der Waals surface area contributed by atoms with Gasteiger partial charge in [-0.1, -0.05) is 12.1 Å². The molecule has 1 atom stereocenters. The normalized spacial score (nSPS) is 11.8. The van der Waals surface area contributed by atoms with Crippen LogP contribution in [0, 0.1) is 10.1 Å². The standard InChI is InChI=1S/C17H20N4O5/c1-12(13-5-3-6-14(9-13)21(24)25)20(2)11-16(22)19-17(23)18-10-15-7-4-8-26-15/h3-9,12H,10-11H2,1-2H3,(H2,18,19,22,23). The van der Waals surface area contributed by atoms with Crippen LogP contribution in [0.2, 0.25) is 0 Å². The molecule has 0 bridgehead atoms. The molecule has 0 saturated heterocycles. The van der Waals surface area contributed by atoms with Gasteiger partial charge in [0.2, 0.25) is 5.91 Å². The highest BCUT2D eigenvalue weighted by Crippen LogP contribution is 2.22. The summed E-state index contributed by atoms with van der Waals surface area (Å²) in [5.74, 6) is 0.0886. The number of hydrogen-bond acceptors (Lipinski definition) is 6. The van der Waals surface area contributed by atoms with Crippen molar-refractivity contribution in [1.29, 1.82) is 0 Å². The van der Waals surface area contributed by atoms with Crippen LogP contribution in [-0.4, -0.2) is 35.4 Å². The highest BCUT2D eigenvalue weighted by molar-refractivity contribution is 5.95. The smallest absolute Gasteiger partial charge is 0.321 e. The SMILES string of the molecule is CC(c1cccc([N+](=O)[O-])c1)N(C)CC(=O)NC(=O)NCc1ccco1. The summed E-state index contributed by atoms with van der Waals surface area (Å²) in [6.45, 7) is 1.95. The molecule has 2 N–H and O–H groups in total. The molecule has 0 aliphatic heterocycles. The lowest BCUT2D eigenvalue weighted by Gasteiger charge is -2.24. The Labute approximate surface area is 150 Å². The minimum Gasteiger partial charge on any atom is -0.467 e. The molecule has 1 aromatic heterocycles. The highest BCUT2D eigenvalue weighted by Gasteiger charge is 2.18. The van der Waals surface area contributed by atoms with Gasteiger partial charge >= 0.3 is 6.03 Å². The number of likely N-dealkylation sites (N-methyl/N-ethyl adjacent to an activating group) is 1. The van der Waals surface area contributed by atoms with Crippen LogP contribution in [0.1, 0.15) is 24.3 Å². The van der Waals surface area contributed by atoms with Crippen LogP contribution in [0.5, 0.6) is 0 Å². The van der Waals surface area contributed by atoms with Crippen molar-refractivity contribution in [3.8, 4) is 0 Å². The summed E-state index contributed by atoms with van der Waals surface area (Å²) < 4.78 is 5.08. The number of furan rings is 1. The van der Waals surface area contributed by atoms with Crippen molar-refractivity contribution in [1.82, 2.24) is 15.5 Å². The Morgan fingerprint density at radius 1 is 1.31 bits per heavy atom. The fourth-order valence-electron chi connectivity index (χ4n) is 2.31. The van der Waals surface area contributed by atoms with Crippen molar-refractivity contribution >= 4 is 17.6 Å². The average Bonchev–Trinajstić information content (AvgIpc) is 3.12. The second kappa shape index (κ2) is 8.77.